The van der Waals surface area contributed by atoms with E-state index in [9.17, 15) is 0 Å². The van der Waals surface area contributed by atoms with Crippen molar-refractivity contribution in [2.45, 2.75) is 26.3 Å². The highest BCUT2D eigenvalue weighted by atomic mass is 16.5. The van der Waals surface area contributed by atoms with Gasteiger partial charge >= 0.3 is 0 Å². The number of hydrogen-bond donors (Lipinski definition) is 1. The molecule has 3 nitrogen and oxygen atoms in total. The van der Waals surface area contributed by atoms with Gasteiger partial charge in [-0.05, 0) is 32.5 Å². The highest BCUT2D eigenvalue weighted by Crippen LogP contribution is 2.33. The molecule has 1 rings (SSSR count). The first-order chi connectivity index (χ1) is 7.74. The van der Waals surface area contributed by atoms with Crippen LogP contribution >= 0.6 is 0 Å². The van der Waals surface area contributed by atoms with E-state index in [-0.39, 0.29) is 6.04 Å². The smallest absolute Gasteiger partial charge is 0.127 e. The number of hydrogen-bond acceptors (Lipinski definition) is 3. The Bertz CT molecular complexity index is 326. The summed E-state index contributed by atoms with van der Waals surface area (Å²) < 4.78 is 11.1. The van der Waals surface area contributed by atoms with Crippen molar-refractivity contribution in [1.29, 1.82) is 0 Å². The summed E-state index contributed by atoms with van der Waals surface area (Å²) in [6, 6.07) is 6.11. The van der Waals surface area contributed by atoms with Crippen LogP contribution in [0.25, 0.3) is 0 Å². The largest absolute Gasteiger partial charge is 0.496 e. The van der Waals surface area contributed by atoms with Gasteiger partial charge in [0.05, 0.1) is 19.3 Å². The van der Waals surface area contributed by atoms with Crippen LogP contribution in [-0.4, -0.2) is 20.8 Å². The van der Waals surface area contributed by atoms with Gasteiger partial charge in [0.15, 0.2) is 0 Å². The van der Waals surface area contributed by atoms with Gasteiger partial charge in [0.2, 0.25) is 0 Å². The number of benzene rings is 1. The minimum absolute atomic E-state index is 0.211. The van der Waals surface area contributed by atoms with Crippen LogP contribution in [0.2, 0.25) is 0 Å². The molecule has 3 heteroatoms. The summed E-state index contributed by atoms with van der Waals surface area (Å²) in [5.41, 5.74) is 1.08. The van der Waals surface area contributed by atoms with Crippen LogP contribution in [0.15, 0.2) is 18.2 Å². The average molecular weight is 223 g/mol. The van der Waals surface area contributed by atoms with Crippen LogP contribution in [0.3, 0.4) is 0 Å². The molecule has 0 spiro atoms. The molecule has 0 aromatic heterocycles. The monoisotopic (exact) mass is 223 g/mol. The number of rotatable bonds is 6. The maximum absolute atomic E-state index is 5.73. The fourth-order valence-corrected chi connectivity index (χ4v) is 1.61. The number of nitrogens with one attached hydrogen (secondary N) is 1. The lowest BCUT2D eigenvalue weighted by Gasteiger charge is -2.19. The molecule has 1 N–H and O–H groups in total. The van der Waals surface area contributed by atoms with Gasteiger partial charge in [-0.1, -0.05) is 13.0 Å². The van der Waals surface area contributed by atoms with Crippen molar-refractivity contribution in [2.24, 2.45) is 0 Å². The summed E-state index contributed by atoms with van der Waals surface area (Å²) in [6.45, 7) is 4.93. The van der Waals surface area contributed by atoms with Gasteiger partial charge in [-0.25, -0.2) is 0 Å². The van der Waals surface area contributed by atoms with E-state index in [1.165, 1.54) is 0 Å². The lowest BCUT2D eigenvalue weighted by Crippen LogP contribution is -2.15. The molecule has 0 saturated heterocycles. The van der Waals surface area contributed by atoms with Crippen LogP contribution in [-0.2, 0) is 0 Å². The summed E-state index contributed by atoms with van der Waals surface area (Å²) >= 11 is 0. The first-order valence-electron chi connectivity index (χ1n) is 5.71. The fraction of sp³-hybridized carbons (Fsp3) is 0.538. The lowest BCUT2D eigenvalue weighted by molar-refractivity contribution is 0.306. The number of methoxy groups -OCH3 is 1. The van der Waals surface area contributed by atoms with E-state index in [4.69, 9.17) is 9.47 Å². The van der Waals surface area contributed by atoms with Gasteiger partial charge in [0.25, 0.3) is 0 Å². The van der Waals surface area contributed by atoms with Crippen molar-refractivity contribution >= 4 is 0 Å². The van der Waals surface area contributed by atoms with E-state index >= 15 is 0 Å². The van der Waals surface area contributed by atoms with Crippen LogP contribution in [0.5, 0.6) is 11.5 Å². The van der Waals surface area contributed by atoms with Crippen molar-refractivity contribution in [3.63, 3.8) is 0 Å². The maximum Gasteiger partial charge on any atom is 0.127 e. The summed E-state index contributed by atoms with van der Waals surface area (Å²) in [5, 5.41) is 3.21. The first kappa shape index (κ1) is 12.8. The Hall–Kier alpha value is -1.22. The van der Waals surface area contributed by atoms with Gasteiger partial charge < -0.3 is 14.8 Å². The van der Waals surface area contributed by atoms with Crippen molar-refractivity contribution in [1.82, 2.24) is 5.32 Å². The number of ether oxygens (including phenoxy) is 2. The molecule has 1 unspecified atom stereocenters. The predicted octanol–water partition coefficient (Wildman–Crippen LogP) is 2.76. The van der Waals surface area contributed by atoms with E-state index in [0.29, 0.717) is 0 Å². The van der Waals surface area contributed by atoms with Crippen LogP contribution in [0.1, 0.15) is 31.9 Å². The molecule has 1 aromatic carbocycles. The molecule has 0 amide bonds. The zero-order chi connectivity index (χ0) is 12.0. The normalized spacial score (nSPS) is 12.2. The summed E-state index contributed by atoms with van der Waals surface area (Å²) in [4.78, 5) is 0. The highest BCUT2D eigenvalue weighted by molar-refractivity contribution is 5.46. The maximum atomic E-state index is 5.73. The Kier molecular flexibility index (Phi) is 5.12. The predicted molar refractivity (Wildman–Crippen MR) is 66.3 cm³/mol. The zero-order valence-corrected chi connectivity index (χ0v) is 10.5. The second-order valence-corrected chi connectivity index (χ2v) is 3.73. The second kappa shape index (κ2) is 6.38. The third kappa shape index (κ3) is 2.89. The Morgan fingerprint density at radius 2 is 2.00 bits per heavy atom. The molecule has 0 heterocycles. The van der Waals surface area contributed by atoms with Crippen LogP contribution < -0.4 is 14.8 Å². The minimum Gasteiger partial charge on any atom is -0.496 e. The quantitative estimate of drug-likeness (QED) is 0.804. The summed E-state index contributed by atoms with van der Waals surface area (Å²) in [6.07, 6.45) is 1.00. The Balaban J connectivity index is 3.04. The standard InChI is InChI=1S/C13H21NO2/c1-5-9-16-12-8-6-7-11(15-4)13(12)10(2)14-3/h6-8,10,14H,5,9H2,1-4H3. The topological polar surface area (TPSA) is 30.5 Å². The Labute approximate surface area is 97.8 Å². The molecule has 0 aliphatic heterocycles. The molecule has 90 valence electrons. The molecule has 0 saturated carbocycles. The molecule has 0 aliphatic rings. The lowest BCUT2D eigenvalue weighted by atomic mass is 10.1. The summed E-state index contributed by atoms with van der Waals surface area (Å²) in [5.74, 6) is 1.78. The molecular weight excluding hydrogens is 202 g/mol. The van der Waals surface area contributed by atoms with E-state index in [2.05, 4.69) is 19.2 Å². The zero-order valence-electron chi connectivity index (χ0n) is 10.5. The second-order valence-electron chi connectivity index (χ2n) is 3.73. The van der Waals surface area contributed by atoms with Crippen LogP contribution in [0.4, 0.5) is 0 Å². The molecule has 0 radical (unpaired) electrons. The van der Waals surface area contributed by atoms with Crippen molar-refractivity contribution in [3.8, 4) is 11.5 Å². The molecule has 0 aliphatic carbocycles. The Morgan fingerprint density at radius 1 is 1.31 bits per heavy atom. The third-order valence-electron chi connectivity index (χ3n) is 2.57. The molecule has 1 aromatic rings. The van der Waals surface area contributed by atoms with Gasteiger partial charge in [-0.3, -0.25) is 0 Å². The van der Waals surface area contributed by atoms with E-state index in [1.54, 1.807) is 7.11 Å². The average Bonchev–Trinajstić information content (AvgIpc) is 2.34. The van der Waals surface area contributed by atoms with Gasteiger partial charge in [0.1, 0.15) is 11.5 Å². The summed E-state index contributed by atoms with van der Waals surface area (Å²) in [7, 11) is 3.62. The van der Waals surface area contributed by atoms with E-state index in [0.717, 1.165) is 30.1 Å². The van der Waals surface area contributed by atoms with Crippen LogP contribution in [0, 0.1) is 0 Å². The van der Waals surface area contributed by atoms with Gasteiger partial charge in [-0.15, -0.1) is 0 Å². The SMILES string of the molecule is CCCOc1cccc(OC)c1C(C)NC. The molecule has 0 bridgehead atoms. The first-order valence-corrected chi connectivity index (χ1v) is 5.71. The molecule has 0 fully saturated rings. The van der Waals surface area contributed by atoms with Crippen molar-refractivity contribution in [2.75, 3.05) is 20.8 Å². The highest BCUT2D eigenvalue weighted by Gasteiger charge is 2.15. The molecular formula is C13H21NO2. The third-order valence-corrected chi connectivity index (χ3v) is 2.57. The van der Waals surface area contributed by atoms with Gasteiger partial charge in [-0.2, -0.15) is 0 Å². The van der Waals surface area contributed by atoms with E-state index < -0.39 is 0 Å². The molecule has 1 atom stereocenters. The van der Waals surface area contributed by atoms with Crippen molar-refractivity contribution < 1.29 is 9.47 Å². The molecule has 16 heavy (non-hydrogen) atoms. The van der Waals surface area contributed by atoms with E-state index in [1.807, 2.05) is 25.2 Å². The fourth-order valence-electron chi connectivity index (χ4n) is 1.61. The van der Waals surface area contributed by atoms with Gasteiger partial charge in [0, 0.05) is 6.04 Å². The van der Waals surface area contributed by atoms with Crippen molar-refractivity contribution in [3.05, 3.63) is 23.8 Å². The minimum atomic E-state index is 0.211. The Morgan fingerprint density at radius 3 is 2.56 bits per heavy atom.